The minimum Gasteiger partial charge on any atom is -0.369 e. The van der Waals surface area contributed by atoms with E-state index < -0.39 is 0 Å². The fourth-order valence-electron chi connectivity index (χ4n) is 3.52. The molecule has 3 heteroatoms. The van der Waals surface area contributed by atoms with Crippen molar-refractivity contribution in [3.05, 3.63) is 65.7 Å². The molecule has 3 aromatic rings. The molecule has 1 N–H and O–H groups in total. The van der Waals surface area contributed by atoms with Gasteiger partial charge in [0, 0.05) is 17.5 Å². The van der Waals surface area contributed by atoms with Crippen LogP contribution in [0.1, 0.15) is 37.7 Å². The molecule has 0 bridgehead atoms. The monoisotopic (exact) mass is 343 g/mol. The quantitative estimate of drug-likeness (QED) is 0.585. The lowest BCUT2D eigenvalue weighted by molar-refractivity contribution is 0.679. The van der Waals surface area contributed by atoms with Crippen molar-refractivity contribution in [3.63, 3.8) is 0 Å². The third-order valence-corrected chi connectivity index (χ3v) is 5.04. The Labute approximate surface area is 155 Å². The molecule has 0 unspecified atom stereocenters. The van der Waals surface area contributed by atoms with Crippen LogP contribution in [-0.2, 0) is 0 Å². The highest BCUT2D eigenvalue weighted by molar-refractivity contribution is 5.90. The third kappa shape index (κ3) is 3.77. The summed E-state index contributed by atoms with van der Waals surface area (Å²) in [4.78, 5) is 9.61. The van der Waals surface area contributed by atoms with Crippen LogP contribution in [0.15, 0.2) is 60.2 Å². The second kappa shape index (κ2) is 7.69. The molecule has 1 aliphatic carbocycles. The largest absolute Gasteiger partial charge is 0.369 e. The zero-order valence-electron chi connectivity index (χ0n) is 15.3. The van der Waals surface area contributed by atoms with Crippen molar-refractivity contribution < 1.29 is 0 Å². The Morgan fingerprint density at radius 2 is 1.81 bits per heavy atom. The van der Waals surface area contributed by atoms with Crippen LogP contribution in [0, 0.1) is 6.92 Å². The highest BCUT2D eigenvalue weighted by Gasteiger charge is 2.10. The smallest absolute Gasteiger partial charge is 0.162 e. The van der Waals surface area contributed by atoms with Gasteiger partial charge in [-0.1, -0.05) is 53.6 Å². The van der Waals surface area contributed by atoms with Crippen LogP contribution in [0.2, 0.25) is 0 Å². The first kappa shape index (κ1) is 16.8. The lowest BCUT2D eigenvalue weighted by atomic mass is 9.97. The van der Waals surface area contributed by atoms with Crippen molar-refractivity contribution in [1.82, 2.24) is 9.97 Å². The summed E-state index contributed by atoms with van der Waals surface area (Å²) in [5, 5.41) is 4.65. The Hall–Kier alpha value is -2.68. The third-order valence-electron chi connectivity index (χ3n) is 5.04. The van der Waals surface area contributed by atoms with E-state index in [1.807, 2.05) is 12.1 Å². The molecular weight excluding hydrogens is 318 g/mol. The first-order valence-electron chi connectivity index (χ1n) is 9.55. The zero-order valence-corrected chi connectivity index (χ0v) is 15.3. The average Bonchev–Trinajstić information content (AvgIpc) is 2.69. The fourth-order valence-corrected chi connectivity index (χ4v) is 3.52. The molecule has 0 saturated heterocycles. The summed E-state index contributed by atoms with van der Waals surface area (Å²) in [5.74, 6) is 1.71. The standard InChI is InChI=1S/C23H25N3/c1-17-11-13-19(14-12-17)22-25-21-10-6-5-9-20(21)23(26-22)24-16-15-18-7-3-2-4-8-18/h5-7,9-14H,2-4,8,15-16H2,1H3,(H,24,25,26). The predicted molar refractivity (Wildman–Crippen MR) is 109 cm³/mol. The van der Waals surface area contributed by atoms with Crippen molar-refractivity contribution in [1.29, 1.82) is 0 Å². The molecule has 4 rings (SSSR count). The number of fused-ring (bicyclic) bond motifs is 1. The van der Waals surface area contributed by atoms with Crippen LogP contribution in [0.4, 0.5) is 5.82 Å². The predicted octanol–water partition coefficient (Wildman–Crippen LogP) is 5.91. The van der Waals surface area contributed by atoms with Crippen LogP contribution in [0.3, 0.4) is 0 Å². The van der Waals surface area contributed by atoms with Gasteiger partial charge >= 0.3 is 0 Å². The van der Waals surface area contributed by atoms with Crippen LogP contribution in [0.25, 0.3) is 22.3 Å². The Bertz CT molecular complexity index is 926. The number of nitrogens with one attached hydrogen (secondary N) is 1. The van der Waals surface area contributed by atoms with Crippen molar-refractivity contribution in [3.8, 4) is 11.4 Å². The molecule has 26 heavy (non-hydrogen) atoms. The van der Waals surface area contributed by atoms with E-state index in [0.717, 1.165) is 41.1 Å². The summed E-state index contributed by atoms with van der Waals surface area (Å²) >= 11 is 0. The first-order chi connectivity index (χ1) is 12.8. The summed E-state index contributed by atoms with van der Waals surface area (Å²) in [5.41, 5.74) is 4.87. The Kier molecular flexibility index (Phi) is 4.96. The summed E-state index contributed by atoms with van der Waals surface area (Å²) < 4.78 is 0. The van der Waals surface area contributed by atoms with E-state index in [9.17, 15) is 0 Å². The average molecular weight is 343 g/mol. The maximum absolute atomic E-state index is 4.84. The van der Waals surface area contributed by atoms with Gasteiger partial charge in [0.05, 0.1) is 5.52 Å². The number of anilines is 1. The summed E-state index contributed by atoms with van der Waals surface area (Å²) in [6.45, 7) is 3.01. The van der Waals surface area contributed by atoms with Gasteiger partial charge in [-0.2, -0.15) is 0 Å². The van der Waals surface area contributed by atoms with Crippen LogP contribution in [0.5, 0.6) is 0 Å². The Morgan fingerprint density at radius 1 is 0.962 bits per heavy atom. The van der Waals surface area contributed by atoms with Gasteiger partial charge in [0.25, 0.3) is 0 Å². The van der Waals surface area contributed by atoms with Crippen molar-refractivity contribution in [2.75, 3.05) is 11.9 Å². The number of aromatic nitrogens is 2. The van der Waals surface area contributed by atoms with E-state index in [2.05, 4.69) is 54.7 Å². The van der Waals surface area contributed by atoms with Gasteiger partial charge in [0.15, 0.2) is 5.82 Å². The van der Waals surface area contributed by atoms with E-state index >= 15 is 0 Å². The number of nitrogens with zero attached hydrogens (tertiary/aromatic N) is 2. The number of allylic oxidation sites excluding steroid dienone is 1. The van der Waals surface area contributed by atoms with E-state index in [1.54, 1.807) is 5.57 Å². The minimum atomic E-state index is 0.781. The van der Waals surface area contributed by atoms with Crippen LogP contribution >= 0.6 is 0 Å². The molecule has 0 aliphatic heterocycles. The summed E-state index contributed by atoms with van der Waals surface area (Å²) in [7, 11) is 0. The molecule has 1 heterocycles. The van der Waals surface area contributed by atoms with Gasteiger partial charge < -0.3 is 5.32 Å². The van der Waals surface area contributed by atoms with Gasteiger partial charge in [-0.15, -0.1) is 0 Å². The van der Waals surface area contributed by atoms with E-state index in [0.29, 0.717) is 0 Å². The molecule has 3 nitrogen and oxygen atoms in total. The number of rotatable bonds is 5. The van der Waals surface area contributed by atoms with Gasteiger partial charge in [0.1, 0.15) is 5.82 Å². The highest BCUT2D eigenvalue weighted by atomic mass is 15.0. The van der Waals surface area contributed by atoms with Crippen molar-refractivity contribution in [2.24, 2.45) is 0 Å². The van der Waals surface area contributed by atoms with E-state index in [1.165, 1.54) is 31.2 Å². The fraction of sp³-hybridized carbons (Fsp3) is 0.304. The molecule has 0 fully saturated rings. The zero-order chi connectivity index (χ0) is 17.8. The molecule has 132 valence electrons. The lowest BCUT2D eigenvalue weighted by Crippen LogP contribution is -2.07. The van der Waals surface area contributed by atoms with Crippen molar-refractivity contribution in [2.45, 2.75) is 39.0 Å². The summed E-state index contributed by atoms with van der Waals surface area (Å²) in [6, 6.07) is 16.6. The lowest BCUT2D eigenvalue weighted by Gasteiger charge is -2.14. The summed E-state index contributed by atoms with van der Waals surface area (Å²) in [6.07, 6.45) is 8.68. The first-order valence-corrected chi connectivity index (χ1v) is 9.55. The van der Waals surface area contributed by atoms with Gasteiger partial charge in [-0.3, -0.25) is 0 Å². The molecule has 0 spiro atoms. The maximum Gasteiger partial charge on any atom is 0.162 e. The molecule has 0 amide bonds. The topological polar surface area (TPSA) is 37.8 Å². The SMILES string of the molecule is Cc1ccc(-c2nc(NCCC3=CCCCC3)c3ccccc3n2)cc1. The van der Waals surface area contributed by atoms with E-state index in [4.69, 9.17) is 9.97 Å². The van der Waals surface area contributed by atoms with Crippen LogP contribution in [-0.4, -0.2) is 16.5 Å². The second-order valence-corrected chi connectivity index (χ2v) is 7.06. The van der Waals surface area contributed by atoms with Gasteiger partial charge in [0.2, 0.25) is 0 Å². The molecule has 1 aliphatic rings. The Balaban J connectivity index is 1.61. The Morgan fingerprint density at radius 3 is 2.62 bits per heavy atom. The van der Waals surface area contributed by atoms with Gasteiger partial charge in [-0.25, -0.2) is 9.97 Å². The van der Waals surface area contributed by atoms with Gasteiger partial charge in [-0.05, 0) is 51.2 Å². The van der Waals surface area contributed by atoms with E-state index in [-0.39, 0.29) is 0 Å². The number of para-hydroxylation sites is 1. The van der Waals surface area contributed by atoms with Crippen LogP contribution < -0.4 is 5.32 Å². The molecule has 1 aromatic heterocycles. The van der Waals surface area contributed by atoms with Crippen molar-refractivity contribution >= 4 is 16.7 Å². The highest BCUT2D eigenvalue weighted by Crippen LogP contribution is 2.26. The molecule has 0 saturated carbocycles. The number of benzene rings is 2. The molecule has 0 radical (unpaired) electrons. The number of aryl methyl sites for hydroxylation is 1. The normalized spacial score (nSPS) is 14.3. The molecule has 0 atom stereocenters. The second-order valence-electron chi connectivity index (χ2n) is 7.06. The number of hydrogen-bond acceptors (Lipinski definition) is 3. The maximum atomic E-state index is 4.84. The number of hydrogen-bond donors (Lipinski definition) is 1. The molecule has 2 aromatic carbocycles. The molecular formula is C23H25N3. The minimum absolute atomic E-state index is 0.781.